The van der Waals surface area contributed by atoms with Crippen LogP contribution >= 0.6 is 0 Å². The van der Waals surface area contributed by atoms with E-state index in [0.717, 1.165) is 24.2 Å². The molecule has 2 N–H and O–H groups in total. The van der Waals surface area contributed by atoms with Gasteiger partial charge in [-0.3, -0.25) is 4.68 Å². The van der Waals surface area contributed by atoms with Crippen LogP contribution in [0.25, 0.3) is 10.8 Å². The number of aromatic nitrogens is 2. The summed E-state index contributed by atoms with van der Waals surface area (Å²) in [5.74, 6) is 0. The van der Waals surface area contributed by atoms with Gasteiger partial charge in [0.1, 0.15) is 0 Å². The highest BCUT2D eigenvalue weighted by Crippen LogP contribution is 2.27. The van der Waals surface area contributed by atoms with Crippen LogP contribution in [0.2, 0.25) is 0 Å². The number of fused-ring (bicyclic) bond motifs is 1. The van der Waals surface area contributed by atoms with E-state index in [1.54, 1.807) is 0 Å². The molecule has 1 heterocycles. The number of aryl methyl sites for hydroxylation is 1. The van der Waals surface area contributed by atoms with Crippen molar-refractivity contribution in [2.45, 2.75) is 25.9 Å². The Morgan fingerprint density at radius 3 is 2.75 bits per heavy atom. The Morgan fingerprint density at radius 1 is 1.10 bits per heavy atom. The molecule has 1 unspecified atom stereocenters. The Labute approximate surface area is 119 Å². The molecule has 0 saturated carbocycles. The monoisotopic (exact) mass is 265 g/mol. The Hall–Kier alpha value is -2.13. The molecule has 3 nitrogen and oxygen atoms in total. The first-order chi connectivity index (χ1) is 9.81. The SMILES string of the molecule is CCCn1nccc1C(N)c1cccc2ccccc12. The molecular formula is C17H19N3. The van der Waals surface area contributed by atoms with Crippen molar-refractivity contribution < 1.29 is 0 Å². The second kappa shape index (κ2) is 5.47. The molecule has 0 saturated heterocycles. The van der Waals surface area contributed by atoms with Gasteiger partial charge in [-0.15, -0.1) is 0 Å². The molecule has 2 aromatic carbocycles. The fourth-order valence-electron chi connectivity index (χ4n) is 2.69. The number of rotatable bonds is 4. The van der Waals surface area contributed by atoms with E-state index in [-0.39, 0.29) is 6.04 Å². The van der Waals surface area contributed by atoms with Gasteiger partial charge in [0, 0.05) is 12.7 Å². The van der Waals surface area contributed by atoms with Gasteiger partial charge in [0.2, 0.25) is 0 Å². The minimum atomic E-state index is -0.143. The summed E-state index contributed by atoms with van der Waals surface area (Å²) in [5.41, 5.74) is 8.72. The van der Waals surface area contributed by atoms with Crippen LogP contribution in [0.15, 0.2) is 54.7 Å². The Bertz CT molecular complexity index is 710. The van der Waals surface area contributed by atoms with Crippen molar-refractivity contribution in [2.75, 3.05) is 0 Å². The highest BCUT2D eigenvalue weighted by atomic mass is 15.3. The van der Waals surface area contributed by atoms with Crippen LogP contribution in [0.3, 0.4) is 0 Å². The lowest BCUT2D eigenvalue weighted by Crippen LogP contribution is -2.17. The third-order valence-corrected chi connectivity index (χ3v) is 3.66. The summed E-state index contributed by atoms with van der Waals surface area (Å²) in [5, 5.41) is 6.81. The van der Waals surface area contributed by atoms with Crippen LogP contribution in [-0.2, 0) is 6.54 Å². The maximum Gasteiger partial charge on any atom is 0.0729 e. The molecule has 3 heteroatoms. The summed E-state index contributed by atoms with van der Waals surface area (Å²) in [4.78, 5) is 0. The zero-order chi connectivity index (χ0) is 13.9. The number of nitrogens with two attached hydrogens (primary N) is 1. The lowest BCUT2D eigenvalue weighted by Gasteiger charge is -2.16. The van der Waals surface area contributed by atoms with Crippen molar-refractivity contribution in [3.63, 3.8) is 0 Å². The molecule has 1 aromatic heterocycles. The fraction of sp³-hybridized carbons (Fsp3) is 0.235. The fourth-order valence-corrected chi connectivity index (χ4v) is 2.69. The van der Waals surface area contributed by atoms with Crippen molar-refractivity contribution >= 4 is 10.8 Å². The van der Waals surface area contributed by atoms with Gasteiger partial charge >= 0.3 is 0 Å². The molecule has 1 atom stereocenters. The lowest BCUT2D eigenvalue weighted by atomic mass is 9.97. The predicted molar refractivity (Wildman–Crippen MR) is 82.5 cm³/mol. The quantitative estimate of drug-likeness (QED) is 0.784. The van der Waals surface area contributed by atoms with Crippen LogP contribution in [0.4, 0.5) is 0 Å². The molecule has 0 spiro atoms. The van der Waals surface area contributed by atoms with Gasteiger partial charge in [-0.1, -0.05) is 49.4 Å². The van der Waals surface area contributed by atoms with Crippen LogP contribution in [0, 0.1) is 0 Å². The maximum absolute atomic E-state index is 6.50. The van der Waals surface area contributed by atoms with E-state index >= 15 is 0 Å². The van der Waals surface area contributed by atoms with Gasteiger partial charge < -0.3 is 5.73 Å². The van der Waals surface area contributed by atoms with Gasteiger partial charge in [-0.2, -0.15) is 5.10 Å². The predicted octanol–water partition coefficient (Wildman–Crippen LogP) is 3.49. The van der Waals surface area contributed by atoms with Crippen LogP contribution in [0.1, 0.15) is 30.6 Å². The number of hydrogen-bond acceptors (Lipinski definition) is 2. The molecular weight excluding hydrogens is 246 g/mol. The van der Waals surface area contributed by atoms with E-state index in [1.165, 1.54) is 10.8 Å². The molecule has 102 valence electrons. The van der Waals surface area contributed by atoms with Crippen molar-refractivity contribution in [2.24, 2.45) is 5.73 Å². The average Bonchev–Trinajstić information content (AvgIpc) is 2.94. The van der Waals surface area contributed by atoms with Crippen LogP contribution in [0.5, 0.6) is 0 Å². The summed E-state index contributed by atoms with van der Waals surface area (Å²) < 4.78 is 2.01. The normalized spacial score (nSPS) is 12.7. The second-order valence-electron chi connectivity index (χ2n) is 5.03. The standard InChI is InChI=1S/C17H19N3/c1-2-12-20-16(10-11-19-20)17(18)15-9-5-7-13-6-3-4-8-14(13)15/h3-11,17H,2,12,18H2,1H3. The molecule has 0 bridgehead atoms. The molecule has 0 aliphatic rings. The average molecular weight is 265 g/mol. The van der Waals surface area contributed by atoms with Crippen molar-refractivity contribution in [1.82, 2.24) is 9.78 Å². The van der Waals surface area contributed by atoms with Crippen LogP contribution < -0.4 is 5.73 Å². The highest BCUT2D eigenvalue weighted by molar-refractivity contribution is 5.86. The summed E-state index contributed by atoms with van der Waals surface area (Å²) >= 11 is 0. The van der Waals surface area contributed by atoms with E-state index in [2.05, 4.69) is 54.5 Å². The summed E-state index contributed by atoms with van der Waals surface area (Å²) in [7, 11) is 0. The van der Waals surface area contributed by atoms with Gasteiger partial charge in [-0.25, -0.2) is 0 Å². The molecule has 0 amide bonds. The Morgan fingerprint density at radius 2 is 1.90 bits per heavy atom. The smallest absolute Gasteiger partial charge is 0.0729 e. The highest BCUT2D eigenvalue weighted by Gasteiger charge is 2.15. The molecule has 0 aliphatic heterocycles. The number of hydrogen-bond donors (Lipinski definition) is 1. The molecule has 0 radical (unpaired) electrons. The topological polar surface area (TPSA) is 43.8 Å². The number of benzene rings is 2. The molecule has 20 heavy (non-hydrogen) atoms. The van der Waals surface area contributed by atoms with Crippen LogP contribution in [-0.4, -0.2) is 9.78 Å². The number of nitrogens with zero attached hydrogens (tertiary/aromatic N) is 2. The van der Waals surface area contributed by atoms with E-state index < -0.39 is 0 Å². The Balaban J connectivity index is 2.08. The molecule has 0 aliphatic carbocycles. The van der Waals surface area contributed by atoms with Crippen molar-refractivity contribution in [3.05, 3.63) is 66.0 Å². The molecule has 3 aromatic rings. The van der Waals surface area contributed by atoms with E-state index in [9.17, 15) is 0 Å². The largest absolute Gasteiger partial charge is 0.319 e. The Kier molecular flexibility index (Phi) is 3.52. The summed E-state index contributed by atoms with van der Waals surface area (Å²) in [6, 6.07) is 16.5. The van der Waals surface area contributed by atoms with E-state index in [4.69, 9.17) is 5.73 Å². The molecule has 3 rings (SSSR count). The summed E-state index contributed by atoms with van der Waals surface area (Å²) in [6.07, 6.45) is 2.88. The summed E-state index contributed by atoms with van der Waals surface area (Å²) in [6.45, 7) is 3.05. The second-order valence-corrected chi connectivity index (χ2v) is 5.03. The minimum absolute atomic E-state index is 0.143. The zero-order valence-electron chi connectivity index (χ0n) is 11.7. The maximum atomic E-state index is 6.50. The van der Waals surface area contributed by atoms with E-state index in [1.807, 2.05) is 16.9 Å². The first-order valence-electron chi connectivity index (χ1n) is 7.06. The van der Waals surface area contributed by atoms with E-state index in [0.29, 0.717) is 0 Å². The first kappa shape index (κ1) is 12.9. The van der Waals surface area contributed by atoms with Gasteiger partial charge in [0.15, 0.2) is 0 Å². The minimum Gasteiger partial charge on any atom is -0.319 e. The van der Waals surface area contributed by atoms with Gasteiger partial charge in [-0.05, 0) is 28.8 Å². The molecule has 0 fully saturated rings. The van der Waals surface area contributed by atoms with Crippen molar-refractivity contribution in [1.29, 1.82) is 0 Å². The zero-order valence-corrected chi connectivity index (χ0v) is 11.7. The third-order valence-electron chi connectivity index (χ3n) is 3.66. The van der Waals surface area contributed by atoms with Gasteiger partial charge in [0.05, 0.1) is 11.7 Å². The third kappa shape index (κ3) is 2.21. The first-order valence-corrected chi connectivity index (χ1v) is 7.06. The van der Waals surface area contributed by atoms with Crippen molar-refractivity contribution in [3.8, 4) is 0 Å². The van der Waals surface area contributed by atoms with Gasteiger partial charge in [0.25, 0.3) is 0 Å². The lowest BCUT2D eigenvalue weighted by molar-refractivity contribution is 0.560.